The van der Waals surface area contributed by atoms with E-state index >= 15 is 0 Å². The van der Waals surface area contributed by atoms with E-state index in [4.69, 9.17) is 14.2 Å². The predicted octanol–water partition coefficient (Wildman–Crippen LogP) is 3.10. The zero-order valence-corrected chi connectivity index (χ0v) is 17.0. The van der Waals surface area contributed by atoms with E-state index in [2.05, 4.69) is 4.90 Å². The summed E-state index contributed by atoms with van der Waals surface area (Å²) in [6.45, 7) is 2.73. The van der Waals surface area contributed by atoms with Crippen molar-refractivity contribution in [1.29, 1.82) is 0 Å². The molecule has 0 aliphatic carbocycles. The lowest BCUT2D eigenvalue weighted by atomic mass is 10.0. The Kier molecular flexibility index (Phi) is 6.02. The molecule has 2 aliphatic rings. The van der Waals surface area contributed by atoms with Gasteiger partial charge in [0.05, 0.1) is 26.4 Å². The molecule has 2 saturated heterocycles. The monoisotopic (exact) mass is 396 g/mol. The zero-order chi connectivity index (χ0) is 20.2. The average Bonchev–Trinajstić information content (AvgIpc) is 2.96. The molecule has 1 amide bonds. The van der Waals surface area contributed by atoms with E-state index in [1.165, 1.54) is 0 Å². The van der Waals surface area contributed by atoms with Crippen molar-refractivity contribution in [1.82, 2.24) is 4.90 Å². The summed E-state index contributed by atoms with van der Waals surface area (Å²) in [4.78, 5) is 17.0. The molecule has 2 atom stereocenters. The number of carbonyl (C=O) groups excluding carboxylic acids is 1. The number of benzene rings is 2. The van der Waals surface area contributed by atoms with E-state index in [0.717, 1.165) is 55.2 Å². The first-order chi connectivity index (χ1) is 14.2. The second-order valence-electron chi connectivity index (χ2n) is 7.55. The first-order valence-corrected chi connectivity index (χ1v) is 10.1. The van der Waals surface area contributed by atoms with Gasteiger partial charge in [-0.15, -0.1) is 0 Å². The van der Waals surface area contributed by atoms with Crippen LogP contribution in [-0.4, -0.2) is 56.9 Å². The van der Waals surface area contributed by atoms with Crippen LogP contribution >= 0.6 is 0 Å². The van der Waals surface area contributed by atoms with Crippen molar-refractivity contribution in [2.24, 2.45) is 0 Å². The van der Waals surface area contributed by atoms with Gasteiger partial charge in [-0.25, -0.2) is 0 Å². The SMILES string of the molecule is COc1ccc(OC)c(CN2CC[C@@H]3OCC(=O)N(c4ccccc4)[C@H]3CC2)c1. The molecule has 29 heavy (non-hydrogen) atoms. The van der Waals surface area contributed by atoms with Crippen molar-refractivity contribution in [3.05, 3.63) is 54.1 Å². The molecule has 0 radical (unpaired) electrons. The summed E-state index contributed by atoms with van der Waals surface area (Å²) in [5.41, 5.74) is 2.06. The third kappa shape index (κ3) is 4.23. The number of carbonyl (C=O) groups is 1. The summed E-state index contributed by atoms with van der Waals surface area (Å²) in [7, 11) is 3.37. The Balaban J connectivity index is 1.51. The fourth-order valence-electron chi connectivity index (χ4n) is 4.37. The molecule has 0 aromatic heterocycles. The number of morpholine rings is 1. The van der Waals surface area contributed by atoms with E-state index in [9.17, 15) is 4.79 Å². The Morgan fingerprint density at radius 2 is 1.83 bits per heavy atom. The van der Waals surface area contributed by atoms with Gasteiger partial charge in [0.15, 0.2) is 0 Å². The number of hydrogen-bond donors (Lipinski definition) is 0. The van der Waals surface area contributed by atoms with Crippen LogP contribution in [-0.2, 0) is 16.1 Å². The van der Waals surface area contributed by atoms with Crippen LogP contribution in [0.25, 0.3) is 0 Å². The summed E-state index contributed by atoms with van der Waals surface area (Å²) < 4.78 is 16.9. The molecule has 0 bridgehead atoms. The third-order valence-electron chi connectivity index (χ3n) is 5.84. The number of nitrogens with zero attached hydrogens (tertiary/aromatic N) is 2. The number of rotatable bonds is 5. The van der Waals surface area contributed by atoms with Gasteiger partial charge >= 0.3 is 0 Å². The highest BCUT2D eigenvalue weighted by molar-refractivity contribution is 5.95. The summed E-state index contributed by atoms with van der Waals surface area (Å²) >= 11 is 0. The molecule has 4 rings (SSSR count). The van der Waals surface area contributed by atoms with Crippen molar-refractivity contribution in [3.63, 3.8) is 0 Å². The third-order valence-corrected chi connectivity index (χ3v) is 5.84. The second kappa shape index (κ2) is 8.84. The maximum absolute atomic E-state index is 12.6. The highest BCUT2D eigenvalue weighted by Gasteiger charge is 2.39. The van der Waals surface area contributed by atoms with Gasteiger partial charge in [0.25, 0.3) is 5.91 Å². The lowest BCUT2D eigenvalue weighted by Crippen LogP contribution is -2.54. The molecule has 2 aromatic carbocycles. The fraction of sp³-hybridized carbons (Fsp3) is 0.435. The summed E-state index contributed by atoms with van der Waals surface area (Å²) in [6, 6.07) is 15.9. The molecule has 2 aliphatic heterocycles. The van der Waals surface area contributed by atoms with Crippen molar-refractivity contribution in [3.8, 4) is 11.5 Å². The number of fused-ring (bicyclic) bond motifs is 1. The zero-order valence-electron chi connectivity index (χ0n) is 17.0. The minimum atomic E-state index is 0.0420. The average molecular weight is 396 g/mol. The summed E-state index contributed by atoms with van der Waals surface area (Å²) in [6.07, 6.45) is 1.83. The van der Waals surface area contributed by atoms with Crippen LogP contribution in [0.4, 0.5) is 5.69 Å². The number of methoxy groups -OCH3 is 2. The maximum Gasteiger partial charge on any atom is 0.253 e. The molecule has 0 unspecified atom stereocenters. The number of para-hydroxylation sites is 1. The largest absolute Gasteiger partial charge is 0.497 e. The van der Waals surface area contributed by atoms with Gasteiger partial charge in [-0.2, -0.15) is 0 Å². The maximum atomic E-state index is 12.6. The molecule has 0 saturated carbocycles. The van der Waals surface area contributed by atoms with Crippen LogP contribution in [0.5, 0.6) is 11.5 Å². The Morgan fingerprint density at radius 3 is 2.59 bits per heavy atom. The van der Waals surface area contributed by atoms with Gasteiger partial charge in [0, 0.05) is 30.9 Å². The van der Waals surface area contributed by atoms with Crippen LogP contribution in [0.2, 0.25) is 0 Å². The quantitative estimate of drug-likeness (QED) is 0.777. The minimum absolute atomic E-state index is 0.0420. The molecule has 6 heteroatoms. The molecule has 2 fully saturated rings. The topological polar surface area (TPSA) is 51.2 Å². The fourth-order valence-corrected chi connectivity index (χ4v) is 4.37. The Morgan fingerprint density at radius 1 is 1.03 bits per heavy atom. The van der Waals surface area contributed by atoms with Gasteiger partial charge in [0.2, 0.25) is 0 Å². The normalized spacial score (nSPS) is 22.7. The van der Waals surface area contributed by atoms with Gasteiger partial charge in [0.1, 0.15) is 18.1 Å². The number of ether oxygens (including phenoxy) is 3. The van der Waals surface area contributed by atoms with Crippen molar-refractivity contribution in [2.45, 2.75) is 31.5 Å². The van der Waals surface area contributed by atoms with Crippen LogP contribution in [0, 0.1) is 0 Å². The van der Waals surface area contributed by atoms with Crippen LogP contribution < -0.4 is 14.4 Å². The number of hydrogen-bond acceptors (Lipinski definition) is 5. The standard InChI is InChI=1S/C23H28N2O4/c1-27-19-8-9-21(28-2)17(14-19)15-24-12-10-20-22(11-13-24)29-16-23(26)25(20)18-6-4-3-5-7-18/h3-9,14,20,22H,10-13,15-16H2,1-2H3/t20-,22-/m0/s1. The predicted molar refractivity (Wildman–Crippen MR) is 112 cm³/mol. The number of amides is 1. The first-order valence-electron chi connectivity index (χ1n) is 10.1. The molecule has 2 aromatic rings. The van der Waals surface area contributed by atoms with Gasteiger partial charge in [-0.3, -0.25) is 9.69 Å². The molecule has 0 spiro atoms. The van der Waals surface area contributed by atoms with Crippen LogP contribution in [0.1, 0.15) is 18.4 Å². The summed E-state index contributed by atoms with van der Waals surface area (Å²) in [5, 5.41) is 0. The molecular weight excluding hydrogens is 368 g/mol. The van der Waals surface area contributed by atoms with Crippen LogP contribution in [0.3, 0.4) is 0 Å². The highest BCUT2D eigenvalue weighted by atomic mass is 16.5. The molecule has 0 N–H and O–H groups in total. The van der Waals surface area contributed by atoms with Gasteiger partial charge in [-0.1, -0.05) is 18.2 Å². The van der Waals surface area contributed by atoms with E-state index in [0.29, 0.717) is 0 Å². The van der Waals surface area contributed by atoms with E-state index < -0.39 is 0 Å². The van der Waals surface area contributed by atoms with Gasteiger partial charge < -0.3 is 19.1 Å². The van der Waals surface area contributed by atoms with E-state index in [1.807, 2.05) is 53.4 Å². The molecule has 6 nitrogen and oxygen atoms in total. The smallest absolute Gasteiger partial charge is 0.253 e. The number of anilines is 1. The Bertz CT molecular complexity index is 842. The van der Waals surface area contributed by atoms with Crippen molar-refractivity contribution < 1.29 is 19.0 Å². The first kappa shape index (κ1) is 19.7. The molecule has 154 valence electrons. The Labute approximate surface area is 172 Å². The van der Waals surface area contributed by atoms with E-state index in [1.54, 1.807) is 14.2 Å². The summed E-state index contributed by atoms with van der Waals surface area (Å²) in [5.74, 6) is 1.73. The molecular formula is C23H28N2O4. The second-order valence-corrected chi connectivity index (χ2v) is 7.55. The van der Waals surface area contributed by atoms with Crippen LogP contribution in [0.15, 0.2) is 48.5 Å². The number of likely N-dealkylation sites (tertiary alicyclic amines) is 1. The molecule has 2 heterocycles. The minimum Gasteiger partial charge on any atom is -0.497 e. The lowest BCUT2D eigenvalue weighted by Gasteiger charge is -2.40. The van der Waals surface area contributed by atoms with Crippen molar-refractivity contribution in [2.75, 3.05) is 38.8 Å². The lowest BCUT2D eigenvalue weighted by molar-refractivity contribution is -0.132. The van der Waals surface area contributed by atoms with E-state index in [-0.39, 0.29) is 24.7 Å². The Hall–Kier alpha value is -2.57. The van der Waals surface area contributed by atoms with Gasteiger partial charge in [-0.05, 0) is 43.2 Å². The highest BCUT2D eigenvalue weighted by Crippen LogP contribution is 2.31. The van der Waals surface area contributed by atoms with Crippen molar-refractivity contribution >= 4 is 11.6 Å².